The number of hydrogen-bond donors (Lipinski definition) is 1. The van der Waals surface area contributed by atoms with E-state index in [0.717, 1.165) is 17.6 Å². The summed E-state index contributed by atoms with van der Waals surface area (Å²) >= 11 is 3.33. The van der Waals surface area contributed by atoms with Gasteiger partial charge in [0.15, 0.2) is 0 Å². The molecule has 1 fully saturated rings. The van der Waals surface area contributed by atoms with Crippen LogP contribution in [0.3, 0.4) is 0 Å². The zero-order chi connectivity index (χ0) is 10.8. The molecule has 0 amide bonds. The molecule has 0 atom stereocenters. The second-order valence-electron chi connectivity index (χ2n) is 3.45. The summed E-state index contributed by atoms with van der Waals surface area (Å²) in [7, 11) is 3.59. The van der Waals surface area contributed by atoms with E-state index in [9.17, 15) is 0 Å². The molecule has 6 heteroatoms. The number of halogens is 1. The standard InChI is InChI=1S/C9H13BrN4O/c1-14(6-3-11-4-6)9-12-5-7(10)8(13-9)15-2/h5-6,11H,3-4H2,1-2H3. The number of methoxy groups -OCH3 is 1. The highest BCUT2D eigenvalue weighted by molar-refractivity contribution is 9.10. The molecule has 1 aliphatic rings. The van der Waals surface area contributed by atoms with Crippen molar-refractivity contribution >= 4 is 21.9 Å². The van der Waals surface area contributed by atoms with Gasteiger partial charge in [0.1, 0.15) is 0 Å². The largest absolute Gasteiger partial charge is 0.480 e. The number of likely N-dealkylation sites (N-methyl/N-ethyl adjacent to an activating group) is 1. The fraction of sp³-hybridized carbons (Fsp3) is 0.556. The Morgan fingerprint density at radius 2 is 2.33 bits per heavy atom. The van der Waals surface area contributed by atoms with Crippen molar-refractivity contribution in [2.45, 2.75) is 6.04 Å². The highest BCUT2D eigenvalue weighted by atomic mass is 79.9. The van der Waals surface area contributed by atoms with Gasteiger partial charge in [0, 0.05) is 20.1 Å². The molecule has 1 aliphatic heterocycles. The van der Waals surface area contributed by atoms with Crippen LogP contribution in [0.4, 0.5) is 5.95 Å². The molecule has 82 valence electrons. The Bertz CT molecular complexity index is 356. The molecule has 0 aliphatic carbocycles. The molecule has 1 aromatic heterocycles. The summed E-state index contributed by atoms with van der Waals surface area (Å²) < 4.78 is 5.90. The zero-order valence-electron chi connectivity index (χ0n) is 8.70. The predicted octanol–water partition coefficient (Wildman–Crippen LogP) is 0.656. The highest BCUT2D eigenvalue weighted by Gasteiger charge is 2.23. The monoisotopic (exact) mass is 272 g/mol. The third-order valence-electron chi connectivity index (χ3n) is 2.52. The van der Waals surface area contributed by atoms with Crippen molar-refractivity contribution in [2.75, 3.05) is 32.1 Å². The van der Waals surface area contributed by atoms with Crippen LogP contribution in [0.2, 0.25) is 0 Å². The van der Waals surface area contributed by atoms with Crippen LogP contribution < -0.4 is 15.0 Å². The van der Waals surface area contributed by atoms with Gasteiger partial charge < -0.3 is 15.0 Å². The average molecular weight is 273 g/mol. The smallest absolute Gasteiger partial charge is 0.232 e. The van der Waals surface area contributed by atoms with Crippen LogP contribution in [0, 0.1) is 0 Å². The van der Waals surface area contributed by atoms with Crippen molar-refractivity contribution in [3.8, 4) is 5.88 Å². The van der Waals surface area contributed by atoms with Gasteiger partial charge in [0.25, 0.3) is 0 Å². The molecule has 0 saturated carbocycles. The number of anilines is 1. The Labute approximate surface area is 97.0 Å². The summed E-state index contributed by atoms with van der Waals surface area (Å²) in [5.41, 5.74) is 0. The summed E-state index contributed by atoms with van der Waals surface area (Å²) in [6, 6.07) is 0.482. The van der Waals surface area contributed by atoms with E-state index in [1.54, 1.807) is 13.3 Å². The van der Waals surface area contributed by atoms with Gasteiger partial charge in [-0.3, -0.25) is 0 Å². The van der Waals surface area contributed by atoms with E-state index in [2.05, 4.69) is 36.1 Å². The van der Waals surface area contributed by atoms with Crippen molar-refractivity contribution < 1.29 is 4.74 Å². The highest BCUT2D eigenvalue weighted by Crippen LogP contribution is 2.23. The SMILES string of the molecule is COc1nc(N(C)C2CNC2)ncc1Br. The van der Waals surface area contributed by atoms with E-state index >= 15 is 0 Å². The molecule has 0 bridgehead atoms. The summed E-state index contributed by atoms with van der Waals surface area (Å²) in [4.78, 5) is 10.6. The first kappa shape index (κ1) is 10.6. The van der Waals surface area contributed by atoms with Gasteiger partial charge in [-0.1, -0.05) is 0 Å². The van der Waals surface area contributed by atoms with Gasteiger partial charge >= 0.3 is 0 Å². The van der Waals surface area contributed by atoms with Crippen molar-refractivity contribution in [1.29, 1.82) is 0 Å². The Morgan fingerprint density at radius 3 is 2.87 bits per heavy atom. The Morgan fingerprint density at radius 1 is 1.60 bits per heavy atom. The molecule has 2 rings (SSSR count). The number of nitrogens with one attached hydrogen (secondary N) is 1. The van der Waals surface area contributed by atoms with E-state index in [1.807, 2.05) is 7.05 Å². The fourth-order valence-corrected chi connectivity index (χ4v) is 1.72. The van der Waals surface area contributed by atoms with E-state index in [-0.39, 0.29) is 0 Å². The first-order chi connectivity index (χ1) is 7.22. The molecule has 0 spiro atoms. The lowest BCUT2D eigenvalue weighted by Crippen LogP contribution is -2.56. The van der Waals surface area contributed by atoms with E-state index in [1.165, 1.54) is 0 Å². The fourth-order valence-electron chi connectivity index (χ4n) is 1.37. The van der Waals surface area contributed by atoms with Gasteiger partial charge in [-0.15, -0.1) is 0 Å². The topological polar surface area (TPSA) is 50.3 Å². The van der Waals surface area contributed by atoms with E-state index in [0.29, 0.717) is 17.9 Å². The first-order valence-electron chi connectivity index (χ1n) is 4.72. The minimum absolute atomic E-state index is 0.482. The molecule has 0 unspecified atom stereocenters. The van der Waals surface area contributed by atoms with Crippen LogP contribution >= 0.6 is 15.9 Å². The van der Waals surface area contributed by atoms with Crippen molar-refractivity contribution in [1.82, 2.24) is 15.3 Å². The number of aromatic nitrogens is 2. The maximum Gasteiger partial charge on any atom is 0.232 e. The van der Waals surface area contributed by atoms with Gasteiger partial charge in [-0.05, 0) is 15.9 Å². The van der Waals surface area contributed by atoms with Crippen molar-refractivity contribution in [2.24, 2.45) is 0 Å². The summed E-state index contributed by atoms with van der Waals surface area (Å²) in [5, 5.41) is 3.21. The lowest BCUT2D eigenvalue weighted by Gasteiger charge is -2.35. The third kappa shape index (κ3) is 2.05. The van der Waals surface area contributed by atoms with Crippen LogP contribution in [0.15, 0.2) is 10.7 Å². The minimum atomic E-state index is 0.482. The maximum atomic E-state index is 5.13. The second-order valence-corrected chi connectivity index (χ2v) is 4.30. The predicted molar refractivity (Wildman–Crippen MR) is 61.3 cm³/mol. The molecule has 5 nitrogen and oxygen atoms in total. The molecule has 0 aromatic carbocycles. The van der Waals surface area contributed by atoms with Gasteiger partial charge in [-0.25, -0.2) is 4.98 Å². The number of nitrogens with zero attached hydrogens (tertiary/aromatic N) is 3. The lowest BCUT2D eigenvalue weighted by molar-refractivity contribution is 0.389. The molecule has 1 aromatic rings. The van der Waals surface area contributed by atoms with Crippen molar-refractivity contribution in [3.63, 3.8) is 0 Å². The van der Waals surface area contributed by atoms with Gasteiger partial charge in [0.05, 0.1) is 23.8 Å². The summed E-state index contributed by atoms with van der Waals surface area (Å²) in [5.74, 6) is 1.26. The van der Waals surface area contributed by atoms with Crippen LogP contribution in [-0.4, -0.2) is 43.3 Å². The number of hydrogen-bond acceptors (Lipinski definition) is 5. The quantitative estimate of drug-likeness (QED) is 0.876. The van der Waals surface area contributed by atoms with Gasteiger partial charge in [-0.2, -0.15) is 4.98 Å². The lowest BCUT2D eigenvalue weighted by atomic mass is 10.1. The molecular formula is C9H13BrN4O. The van der Waals surface area contributed by atoms with Crippen LogP contribution in [0.5, 0.6) is 5.88 Å². The summed E-state index contributed by atoms with van der Waals surface area (Å²) in [6.07, 6.45) is 1.71. The molecule has 1 N–H and O–H groups in total. The molecule has 2 heterocycles. The summed E-state index contributed by atoms with van der Waals surface area (Å²) in [6.45, 7) is 1.97. The Balaban J connectivity index is 2.20. The maximum absolute atomic E-state index is 5.13. The van der Waals surface area contributed by atoms with E-state index < -0.39 is 0 Å². The number of rotatable bonds is 3. The molecule has 0 radical (unpaired) electrons. The Kier molecular flexibility index (Phi) is 3.06. The van der Waals surface area contributed by atoms with Gasteiger partial charge in [0.2, 0.25) is 11.8 Å². The van der Waals surface area contributed by atoms with Crippen LogP contribution in [0.25, 0.3) is 0 Å². The zero-order valence-corrected chi connectivity index (χ0v) is 10.3. The Hall–Kier alpha value is -0.880. The average Bonchev–Trinajstić information content (AvgIpc) is 2.15. The molecule has 1 saturated heterocycles. The van der Waals surface area contributed by atoms with E-state index in [4.69, 9.17) is 4.74 Å². The van der Waals surface area contributed by atoms with Crippen molar-refractivity contribution in [3.05, 3.63) is 10.7 Å². The normalized spacial score (nSPS) is 15.9. The molecule has 15 heavy (non-hydrogen) atoms. The second kappa shape index (κ2) is 4.32. The third-order valence-corrected chi connectivity index (χ3v) is 3.06. The first-order valence-corrected chi connectivity index (χ1v) is 5.51. The van der Waals surface area contributed by atoms with Crippen LogP contribution in [0.1, 0.15) is 0 Å². The minimum Gasteiger partial charge on any atom is -0.480 e. The molecular weight excluding hydrogens is 260 g/mol. The van der Waals surface area contributed by atoms with Crippen LogP contribution in [-0.2, 0) is 0 Å². The number of ether oxygens (including phenoxy) is 1.